The van der Waals surface area contributed by atoms with Gasteiger partial charge in [0.15, 0.2) is 6.61 Å². The van der Waals surface area contributed by atoms with Gasteiger partial charge in [-0.15, -0.1) is 11.3 Å². The largest absolute Gasteiger partial charge is 0.455 e. The van der Waals surface area contributed by atoms with Gasteiger partial charge in [0.2, 0.25) is 0 Å². The maximum absolute atomic E-state index is 12.0. The molecule has 0 saturated heterocycles. The lowest BCUT2D eigenvalue weighted by atomic mass is 10.2. The van der Waals surface area contributed by atoms with E-state index in [1.807, 2.05) is 0 Å². The van der Waals surface area contributed by atoms with Crippen LogP contribution in [0.5, 0.6) is 0 Å². The Labute approximate surface area is 162 Å². The summed E-state index contributed by atoms with van der Waals surface area (Å²) in [4.78, 5) is 54.4. The highest BCUT2D eigenvalue weighted by atomic mass is 32.1. The summed E-state index contributed by atoms with van der Waals surface area (Å²) in [5, 5.41) is 2.20. The second-order valence-corrected chi connectivity index (χ2v) is 6.62. The molecule has 0 bridgehead atoms. The number of rotatable bonds is 6. The third-order valence-corrected chi connectivity index (χ3v) is 4.52. The molecule has 0 unspecified atom stereocenters. The summed E-state index contributed by atoms with van der Waals surface area (Å²) in [7, 11) is 0. The maximum Gasteiger partial charge on any atom is 0.306 e. The molecule has 1 aromatic carbocycles. The van der Waals surface area contributed by atoms with Crippen LogP contribution in [0.15, 0.2) is 46.6 Å². The number of aromatic nitrogens is 2. The second kappa shape index (κ2) is 8.91. The van der Waals surface area contributed by atoms with Gasteiger partial charge >= 0.3 is 5.97 Å². The third-order valence-electron chi connectivity index (χ3n) is 3.65. The van der Waals surface area contributed by atoms with Crippen molar-refractivity contribution in [2.75, 3.05) is 6.61 Å². The Balaban J connectivity index is 1.42. The van der Waals surface area contributed by atoms with E-state index in [-0.39, 0.29) is 18.4 Å². The highest BCUT2D eigenvalue weighted by molar-refractivity contribution is 7.12. The Kier molecular flexibility index (Phi) is 6.12. The first-order chi connectivity index (χ1) is 13.5. The summed E-state index contributed by atoms with van der Waals surface area (Å²) in [6, 6.07) is 10.2. The van der Waals surface area contributed by atoms with Crippen LogP contribution in [-0.4, -0.2) is 34.4 Å². The number of carbonyl (C=O) groups excluding carboxylic acids is 3. The fourth-order valence-corrected chi connectivity index (χ4v) is 2.94. The minimum absolute atomic E-state index is 0.0594. The first-order valence-corrected chi connectivity index (χ1v) is 9.17. The van der Waals surface area contributed by atoms with Crippen molar-refractivity contribution in [1.29, 1.82) is 0 Å². The Hall–Kier alpha value is -3.53. The predicted molar refractivity (Wildman–Crippen MR) is 102 cm³/mol. The highest BCUT2D eigenvalue weighted by Gasteiger charge is 2.11. The molecule has 0 aliphatic carbocycles. The van der Waals surface area contributed by atoms with Crippen molar-refractivity contribution in [3.05, 3.63) is 62.8 Å². The summed E-state index contributed by atoms with van der Waals surface area (Å²) in [6.07, 6.45) is 0.103. The number of hydrazine groups is 1. The minimum Gasteiger partial charge on any atom is -0.455 e. The van der Waals surface area contributed by atoms with Crippen LogP contribution in [0.3, 0.4) is 0 Å². The number of nitrogens with zero attached hydrogens (tertiary/aromatic N) is 1. The molecule has 0 atom stereocenters. The van der Waals surface area contributed by atoms with Gasteiger partial charge in [0, 0.05) is 6.42 Å². The van der Waals surface area contributed by atoms with Crippen molar-refractivity contribution in [2.45, 2.75) is 12.8 Å². The molecule has 28 heavy (non-hydrogen) atoms. The fraction of sp³-hybridized carbons (Fsp3) is 0.167. The number of fused-ring (bicyclic) bond motifs is 1. The van der Waals surface area contributed by atoms with Crippen LogP contribution in [0.25, 0.3) is 10.9 Å². The van der Waals surface area contributed by atoms with Gasteiger partial charge in [0.1, 0.15) is 5.82 Å². The predicted octanol–water partition coefficient (Wildman–Crippen LogP) is 0.922. The number of nitrogens with one attached hydrogen (secondary N) is 3. The van der Waals surface area contributed by atoms with Gasteiger partial charge in [0.05, 0.1) is 22.2 Å². The number of aryl methyl sites for hydroxylation is 1. The number of amides is 2. The van der Waals surface area contributed by atoms with Gasteiger partial charge in [0.25, 0.3) is 17.4 Å². The molecule has 0 fully saturated rings. The molecule has 0 aliphatic heterocycles. The second-order valence-electron chi connectivity index (χ2n) is 5.67. The zero-order chi connectivity index (χ0) is 19.9. The van der Waals surface area contributed by atoms with Crippen molar-refractivity contribution in [3.63, 3.8) is 0 Å². The van der Waals surface area contributed by atoms with Crippen molar-refractivity contribution >= 4 is 40.0 Å². The van der Waals surface area contributed by atoms with Crippen LogP contribution in [0.1, 0.15) is 21.9 Å². The van der Waals surface area contributed by atoms with Crippen molar-refractivity contribution in [1.82, 2.24) is 20.8 Å². The average Bonchev–Trinajstić information content (AvgIpc) is 3.24. The maximum atomic E-state index is 12.0. The number of hydrogen-bond acceptors (Lipinski definition) is 7. The van der Waals surface area contributed by atoms with Gasteiger partial charge in [-0.1, -0.05) is 18.2 Å². The number of aromatic amines is 1. The third kappa shape index (κ3) is 5.01. The van der Waals surface area contributed by atoms with Crippen molar-refractivity contribution < 1.29 is 19.1 Å². The molecule has 3 aromatic rings. The lowest BCUT2D eigenvalue weighted by molar-refractivity contribution is -0.148. The van der Waals surface area contributed by atoms with E-state index >= 15 is 0 Å². The number of benzene rings is 1. The molecule has 0 aliphatic rings. The molecule has 2 amide bonds. The number of ether oxygens (including phenoxy) is 1. The van der Waals surface area contributed by atoms with E-state index in [1.54, 1.807) is 41.8 Å². The van der Waals surface area contributed by atoms with E-state index in [4.69, 9.17) is 4.74 Å². The molecule has 0 radical (unpaired) electrons. The standard InChI is InChI=1S/C18H16N4O5S/c23-15(21-22-18(26)13-6-3-9-28-13)10-27-16(24)8-7-14-19-12-5-2-1-4-11(12)17(25)20-14/h1-6,9H,7-8,10H2,(H,21,23)(H,22,26)(H,19,20,25). The van der Waals surface area contributed by atoms with E-state index in [0.717, 1.165) is 0 Å². The van der Waals surface area contributed by atoms with E-state index < -0.39 is 24.4 Å². The summed E-state index contributed by atoms with van der Waals surface area (Å²) in [6.45, 7) is -0.536. The molecule has 0 saturated carbocycles. The average molecular weight is 400 g/mol. The SMILES string of the molecule is O=C(COC(=O)CCc1nc2ccccc2c(=O)[nH]1)NNC(=O)c1cccs1. The van der Waals surface area contributed by atoms with E-state index in [2.05, 4.69) is 20.8 Å². The fourth-order valence-electron chi connectivity index (χ4n) is 2.32. The van der Waals surface area contributed by atoms with Crippen LogP contribution in [0.2, 0.25) is 0 Å². The van der Waals surface area contributed by atoms with Crippen LogP contribution in [-0.2, 0) is 20.7 Å². The number of para-hydroxylation sites is 1. The number of hydrogen-bond donors (Lipinski definition) is 3. The Morgan fingerprint density at radius 3 is 2.71 bits per heavy atom. The summed E-state index contributed by atoms with van der Waals surface area (Å²) >= 11 is 1.23. The lowest BCUT2D eigenvalue weighted by Gasteiger charge is -2.07. The topological polar surface area (TPSA) is 130 Å². The van der Waals surface area contributed by atoms with Gasteiger partial charge < -0.3 is 9.72 Å². The monoisotopic (exact) mass is 400 g/mol. The normalized spacial score (nSPS) is 10.4. The molecule has 144 valence electrons. The zero-order valence-electron chi connectivity index (χ0n) is 14.6. The van der Waals surface area contributed by atoms with Gasteiger partial charge in [-0.3, -0.25) is 30.0 Å². The first kappa shape index (κ1) is 19.2. The molecular formula is C18H16N4O5S. The molecule has 3 rings (SSSR count). The van der Waals surface area contributed by atoms with Gasteiger partial charge in [-0.05, 0) is 23.6 Å². The molecule has 2 aromatic heterocycles. The molecule has 3 N–H and O–H groups in total. The number of carbonyl (C=O) groups is 3. The lowest BCUT2D eigenvalue weighted by Crippen LogP contribution is -2.43. The Morgan fingerprint density at radius 1 is 1.11 bits per heavy atom. The quantitative estimate of drug-likeness (QED) is 0.417. The Morgan fingerprint density at radius 2 is 1.93 bits per heavy atom. The molecule has 9 nitrogen and oxygen atoms in total. The van der Waals surface area contributed by atoms with E-state index in [0.29, 0.717) is 21.6 Å². The van der Waals surface area contributed by atoms with Crippen LogP contribution in [0, 0.1) is 0 Å². The number of H-pyrrole nitrogens is 1. The van der Waals surface area contributed by atoms with Crippen LogP contribution in [0.4, 0.5) is 0 Å². The number of thiophene rings is 1. The molecule has 10 heteroatoms. The van der Waals surface area contributed by atoms with E-state index in [9.17, 15) is 19.2 Å². The van der Waals surface area contributed by atoms with E-state index in [1.165, 1.54) is 11.3 Å². The van der Waals surface area contributed by atoms with Crippen molar-refractivity contribution in [2.24, 2.45) is 0 Å². The minimum atomic E-state index is -0.671. The van der Waals surface area contributed by atoms with Gasteiger partial charge in [-0.25, -0.2) is 4.98 Å². The number of esters is 1. The summed E-state index contributed by atoms with van der Waals surface area (Å²) in [5.41, 5.74) is 4.63. The van der Waals surface area contributed by atoms with Crippen LogP contribution < -0.4 is 16.4 Å². The molecule has 2 heterocycles. The Bertz CT molecular complexity index is 1060. The van der Waals surface area contributed by atoms with Crippen molar-refractivity contribution in [3.8, 4) is 0 Å². The zero-order valence-corrected chi connectivity index (χ0v) is 15.4. The van der Waals surface area contributed by atoms with Gasteiger partial charge in [-0.2, -0.15) is 0 Å². The smallest absolute Gasteiger partial charge is 0.306 e. The van der Waals surface area contributed by atoms with Crippen LogP contribution >= 0.6 is 11.3 Å². The molecular weight excluding hydrogens is 384 g/mol. The summed E-state index contributed by atoms with van der Waals surface area (Å²) < 4.78 is 4.85. The summed E-state index contributed by atoms with van der Waals surface area (Å²) in [5.74, 6) is -1.40. The first-order valence-electron chi connectivity index (χ1n) is 8.29. The highest BCUT2D eigenvalue weighted by Crippen LogP contribution is 2.08. The molecule has 0 spiro atoms.